The maximum absolute atomic E-state index is 9.86. The Bertz CT molecular complexity index is 542. The zero-order valence-corrected chi connectivity index (χ0v) is 9.78. The second-order valence-corrected chi connectivity index (χ2v) is 4.49. The molecule has 0 radical (unpaired) electrons. The van der Waals surface area contributed by atoms with E-state index in [9.17, 15) is 10.2 Å². The molecule has 0 unspecified atom stereocenters. The zero-order valence-electron chi connectivity index (χ0n) is 9.78. The first-order chi connectivity index (χ1) is 7.50. The van der Waals surface area contributed by atoms with Crippen LogP contribution in [0.1, 0.15) is 30.9 Å². The minimum absolute atomic E-state index is 0.232. The molecule has 2 nitrogen and oxygen atoms in total. The lowest BCUT2D eigenvalue weighted by molar-refractivity contribution is 0.470. The van der Waals surface area contributed by atoms with Crippen molar-refractivity contribution in [3.8, 4) is 11.5 Å². The summed E-state index contributed by atoms with van der Waals surface area (Å²) in [5.74, 6) is 0.872. The zero-order chi connectivity index (χ0) is 11.9. The topological polar surface area (TPSA) is 40.5 Å². The van der Waals surface area contributed by atoms with E-state index < -0.39 is 0 Å². The standard InChI is InChI=1S/C14H16O2/c1-8(2)12-7-14(16)9(3)13-6-10(15)4-5-11(12)13/h4-8,15-16H,1-3H3. The number of hydrogen-bond acceptors (Lipinski definition) is 2. The van der Waals surface area contributed by atoms with Gasteiger partial charge in [-0.3, -0.25) is 0 Å². The summed E-state index contributed by atoms with van der Waals surface area (Å²) in [7, 11) is 0. The van der Waals surface area contributed by atoms with Gasteiger partial charge >= 0.3 is 0 Å². The highest BCUT2D eigenvalue weighted by molar-refractivity contribution is 5.91. The summed E-state index contributed by atoms with van der Waals surface area (Å²) >= 11 is 0. The van der Waals surface area contributed by atoms with Crippen molar-refractivity contribution in [3.63, 3.8) is 0 Å². The van der Waals surface area contributed by atoms with E-state index in [0.29, 0.717) is 11.7 Å². The Kier molecular flexibility index (Phi) is 2.50. The van der Waals surface area contributed by atoms with E-state index in [1.165, 1.54) is 0 Å². The smallest absolute Gasteiger partial charge is 0.119 e. The molecule has 84 valence electrons. The van der Waals surface area contributed by atoms with Crippen LogP contribution in [-0.4, -0.2) is 10.2 Å². The lowest BCUT2D eigenvalue weighted by Gasteiger charge is -2.13. The second-order valence-electron chi connectivity index (χ2n) is 4.49. The van der Waals surface area contributed by atoms with E-state index in [1.807, 2.05) is 19.1 Å². The first-order valence-electron chi connectivity index (χ1n) is 5.46. The average Bonchev–Trinajstić information content (AvgIpc) is 2.23. The molecular formula is C14H16O2. The third kappa shape index (κ3) is 1.60. The number of phenols is 2. The number of aryl methyl sites for hydroxylation is 1. The summed E-state index contributed by atoms with van der Waals surface area (Å²) in [6.45, 7) is 6.05. The Morgan fingerprint density at radius 3 is 2.31 bits per heavy atom. The summed E-state index contributed by atoms with van der Waals surface area (Å²) in [4.78, 5) is 0. The van der Waals surface area contributed by atoms with E-state index >= 15 is 0 Å². The van der Waals surface area contributed by atoms with E-state index in [1.54, 1.807) is 12.1 Å². The molecule has 2 aromatic carbocycles. The van der Waals surface area contributed by atoms with Gasteiger partial charge in [0.1, 0.15) is 11.5 Å². The Hall–Kier alpha value is -1.70. The maximum Gasteiger partial charge on any atom is 0.119 e. The molecule has 0 bridgehead atoms. The van der Waals surface area contributed by atoms with Crippen LogP contribution < -0.4 is 0 Å². The number of fused-ring (bicyclic) bond motifs is 1. The Morgan fingerprint density at radius 1 is 1.00 bits per heavy atom. The highest BCUT2D eigenvalue weighted by Crippen LogP contribution is 2.35. The van der Waals surface area contributed by atoms with E-state index in [4.69, 9.17) is 0 Å². The molecule has 0 saturated carbocycles. The monoisotopic (exact) mass is 216 g/mol. The van der Waals surface area contributed by atoms with Gasteiger partial charge in [-0.2, -0.15) is 0 Å². The van der Waals surface area contributed by atoms with Gasteiger partial charge in [0.25, 0.3) is 0 Å². The van der Waals surface area contributed by atoms with Crippen molar-refractivity contribution in [1.82, 2.24) is 0 Å². The normalized spacial score (nSPS) is 11.2. The fourth-order valence-corrected chi connectivity index (χ4v) is 2.04. The fourth-order valence-electron chi connectivity index (χ4n) is 2.04. The molecule has 0 aliphatic carbocycles. The van der Waals surface area contributed by atoms with Gasteiger partial charge in [0.15, 0.2) is 0 Å². The van der Waals surface area contributed by atoms with Crippen molar-refractivity contribution >= 4 is 10.8 Å². The number of aromatic hydroxyl groups is 2. The van der Waals surface area contributed by atoms with Gasteiger partial charge in [0.05, 0.1) is 0 Å². The van der Waals surface area contributed by atoms with Crippen molar-refractivity contribution in [2.24, 2.45) is 0 Å². The molecule has 2 rings (SSSR count). The molecule has 2 heteroatoms. The number of hydrogen-bond donors (Lipinski definition) is 2. The van der Waals surface area contributed by atoms with Crippen molar-refractivity contribution in [1.29, 1.82) is 0 Å². The third-order valence-corrected chi connectivity index (χ3v) is 3.02. The molecule has 0 saturated heterocycles. The lowest BCUT2D eigenvalue weighted by Crippen LogP contribution is -1.92. The first-order valence-corrected chi connectivity index (χ1v) is 5.46. The molecule has 0 fully saturated rings. The van der Waals surface area contributed by atoms with Crippen LogP contribution in [0.15, 0.2) is 24.3 Å². The Morgan fingerprint density at radius 2 is 1.69 bits per heavy atom. The van der Waals surface area contributed by atoms with Gasteiger partial charge < -0.3 is 10.2 Å². The van der Waals surface area contributed by atoms with Crippen molar-refractivity contribution in [2.75, 3.05) is 0 Å². The van der Waals surface area contributed by atoms with Gasteiger partial charge in [-0.25, -0.2) is 0 Å². The molecule has 0 aromatic heterocycles. The van der Waals surface area contributed by atoms with Crippen LogP contribution in [0, 0.1) is 6.92 Å². The van der Waals surface area contributed by atoms with Crippen LogP contribution >= 0.6 is 0 Å². The summed E-state index contributed by atoms with van der Waals surface area (Å²) in [5, 5.41) is 21.4. The average molecular weight is 216 g/mol. The third-order valence-electron chi connectivity index (χ3n) is 3.02. The van der Waals surface area contributed by atoms with Crippen LogP contribution in [0.25, 0.3) is 10.8 Å². The summed E-state index contributed by atoms with van der Waals surface area (Å²) in [6, 6.07) is 7.12. The maximum atomic E-state index is 9.86. The van der Waals surface area contributed by atoms with Crippen molar-refractivity contribution in [2.45, 2.75) is 26.7 Å². The van der Waals surface area contributed by atoms with Crippen LogP contribution in [0.3, 0.4) is 0 Å². The summed E-state index contributed by atoms with van der Waals surface area (Å²) < 4.78 is 0. The van der Waals surface area contributed by atoms with Crippen LogP contribution in [0.4, 0.5) is 0 Å². The lowest BCUT2D eigenvalue weighted by atomic mass is 9.93. The molecule has 0 amide bonds. The minimum Gasteiger partial charge on any atom is -0.508 e. The van der Waals surface area contributed by atoms with Gasteiger partial charge in [0, 0.05) is 0 Å². The Labute approximate surface area is 95.2 Å². The predicted molar refractivity (Wildman–Crippen MR) is 66.1 cm³/mol. The van der Waals surface area contributed by atoms with Crippen molar-refractivity contribution in [3.05, 3.63) is 35.4 Å². The van der Waals surface area contributed by atoms with E-state index in [-0.39, 0.29) is 5.75 Å². The predicted octanol–water partition coefficient (Wildman–Crippen LogP) is 3.68. The van der Waals surface area contributed by atoms with Gasteiger partial charge in [0.2, 0.25) is 0 Å². The number of rotatable bonds is 1. The number of benzene rings is 2. The highest BCUT2D eigenvalue weighted by Gasteiger charge is 2.11. The molecule has 2 aromatic rings. The van der Waals surface area contributed by atoms with Crippen LogP contribution in [0.5, 0.6) is 11.5 Å². The molecule has 16 heavy (non-hydrogen) atoms. The summed E-state index contributed by atoms with van der Waals surface area (Å²) in [6.07, 6.45) is 0. The Balaban J connectivity index is 2.89. The largest absolute Gasteiger partial charge is 0.508 e. The quantitative estimate of drug-likeness (QED) is 0.763. The molecule has 0 aliphatic rings. The van der Waals surface area contributed by atoms with E-state index in [0.717, 1.165) is 21.9 Å². The van der Waals surface area contributed by atoms with Crippen molar-refractivity contribution < 1.29 is 10.2 Å². The second kappa shape index (κ2) is 3.71. The van der Waals surface area contributed by atoms with Gasteiger partial charge in [-0.15, -0.1) is 0 Å². The number of phenolic OH excluding ortho intramolecular Hbond substituents is 2. The molecule has 0 aliphatic heterocycles. The highest BCUT2D eigenvalue weighted by atomic mass is 16.3. The summed E-state index contributed by atoms with van der Waals surface area (Å²) in [5.41, 5.74) is 1.92. The minimum atomic E-state index is 0.232. The SMILES string of the molecule is Cc1c(O)cc(C(C)C)c2ccc(O)cc12. The molecular weight excluding hydrogens is 200 g/mol. The first kappa shape index (κ1) is 10.8. The van der Waals surface area contributed by atoms with E-state index in [2.05, 4.69) is 13.8 Å². The van der Waals surface area contributed by atoms with Crippen LogP contribution in [-0.2, 0) is 0 Å². The van der Waals surface area contributed by atoms with Gasteiger partial charge in [-0.1, -0.05) is 19.9 Å². The molecule has 0 spiro atoms. The van der Waals surface area contributed by atoms with Crippen LogP contribution in [0.2, 0.25) is 0 Å². The molecule has 0 heterocycles. The van der Waals surface area contributed by atoms with Gasteiger partial charge in [-0.05, 0) is 52.9 Å². The fraction of sp³-hybridized carbons (Fsp3) is 0.286. The molecule has 0 atom stereocenters. The molecule has 2 N–H and O–H groups in total.